The van der Waals surface area contributed by atoms with E-state index in [0.29, 0.717) is 13.0 Å². The molecular weight excluding hydrogens is 216 g/mol. The van der Waals surface area contributed by atoms with Crippen molar-refractivity contribution in [1.29, 1.82) is 0 Å². The molecule has 17 heavy (non-hydrogen) atoms. The fourth-order valence-corrected chi connectivity index (χ4v) is 2.13. The number of hydrogen-bond donors (Lipinski definition) is 0. The molecule has 0 radical (unpaired) electrons. The van der Waals surface area contributed by atoms with Crippen LogP contribution in [0.2, 0.25) is 0 Å². The Kier molecular flexibility index (Phi) is 3.27. The van der Waals surface area contributed by atoms with Gasteiger partial charge in [-0.25, -0.2) is 0 Å². The third-order valence-corrected chi connectivity index (χ3v) is 3.20. The maximum atomic E-state index is 11.6. The van der Waals surface area contributed by atoms with Gasteiger partial charge < -0.3 is 4.74 Å². The monoisotopic (exact) mass is 232 g/mol. The smallest absolute Gasteiger partial charge is 0.313 e. The molecule has 0 spiro atoms. The summed E-state index contributed by atoms with van der Waals surface area (Å²) in [5.74, 6) is -0.371. The average molecular weight is 232 g/mol. The van der Waals surface area contributed by atoms with Crippen LogP contribution in [0.1, 0.15) is 47.7 Å². The Morgan fingerprint density at radius 2 is 2.18 bits per heavy atom. The summed E-state index contributed by atoms with van der Waals surface area (Å²) in [6.45, 7) is 3.98. The van der Waals surface area contributed by atoms with Crippen LogP contribution < -0.4 is 0 Å². The minimum absolute atomic E-state index is 0.179. The van der Waals surface area contributed by atoms with Gasteiger partial charge in [0, 0.05) is 12.0 Å². The van der Waals surface area contributed by atoms with E-state index >= 15 is 0 Å². The van der Waals surface area contributed by atoms with Gasteiger partial charge in [0.25, 0.3) is 0 Å². The molecule has 0 unspecified atom stereocenters. The Morgan fingerprint density at radius 1 is 1.41 bits per heavy atom. The maximum Gasteiger partial charge on any atom is 0.313 e. The fourth-order valence-electron chi connectivity index (χ4n) is 2.13. The molecule has 1 aromatic rings. The number of esters is 1. The largest absolute Gasteiger partial charge is 0.466 e. The van der Waals surface area contributed by atoms with Gasteiger partial charge in [0.2, 0.25) is 0 Å². The third-order valence-electron chi connectivity index (χ3n) is 3.20. The van der Waals surface area contributed by atoms with Crippen molar-refractivity contribution < 1.29 is 14.3 Å². The van der Waals surface area contributed by atoms with Gasteiger partial charge >= 0.3 is 5.97 Å². The Bertz CT molecular complexity index is 463. The summed E-state index contributed by atoms with van der Waals surface area (Å²) >= 11 is 0. The van der Waals surface area contributed by atoms with E-state index < -0.39 is 0 Å². The van der Waals surface area contributed by atoms with Crippen molar-refractivity contribution in [3.8, 4) is 0 Å². The van der Waals surface area contributed by atoms with Crippen molar-refractivity contribution >= 4 is 11.8 Å². The highest BCUT2D eigenvalue weighted by Crippen LogP contribution is 2.26. The van der Waals surface area contributed by atoms with E-state index in [0.717, 1.165) is 23.1 Å². The number of fused-ring (bicyclic) bond motifs is 1. The second kappa shape index (κ2) is 4.70. The van der Waals surface area contributed by atoms with Crippen molar-refractivity contribution in [2.75, 3.05) is 6.61 Å². The molecule has 0 amide bonds. The molecule has 1 aromatic carbocycles. The summed E-state index contributed by atoms with van der Waals surface area (Å²) in [7, 11) is 0. The number of ether oxygens (including phenoxy) is 1. The van der Waals surface area contributed by atoms with Crippen LogP contribution in [0.15, 0.2) is 18.2 Å². The Balaban J connectivity index is 2.26. The summed E-state index contributed by atoms with van der Waals surface area (Å²) in [6.07, 6.45) is 1.41. The Labute approximate surface area is 101 Å². The first-order chi connectivity index (χ1) is 8.13. The van der Waals surface area contributed by atoms with Crippen molar-refractivity contribution in [2.45, 2.75) is 32.6 Å². The number of Topliss-reactive ketones (excluding diaryl/α,β-unsaturated/α-hetero) is 1. The van der Waals surface area contributed by atoms with Crippen molar-refractivity contribution in [3.05, 3.63) is 34.9 Å². The second-order valence-electron chi connectivity index (χ2n) is 4.31. The van der Waals surface area contributed by atoms with E-state index in [-0.39, 0.29) is 17.7 Å². The lowest BCUT2D eigenvalue weighted by Crippen LogP contribution is -2.13. The molecule has 90 valence electrons. The number of carbonyl (C=O) groups is 2. The van der Waals surface area contributed by atoms with Crippen LogP contribution in [-0.2, 0) is 16.0 Å². The molecule has 0 saturated heterocycles. The number of ketones is 1. The summed E-state index contributed by atoms with van der Waals surface area (Å²) in [6, 6.07) is 5.70. The number of aryl methyl sites for hydroxylation is 1. The molecule has 0 saturated carbocycles. The van der Waals surface area contributed by atoms with E-state index in [2.05, 4.69) is 0 Å². The summed E-state index contributed by atoms with van der Waals surface area (Å²) in [5.41, 5.74) is 2.73. The SMILES string of the molecule is CCOC(=O)[C@@H](C)c1ccc2c(c1)C(=O)CC2. The van der Waals surface area contributed by atoms with Crippen molar-refractivity contribution in [3.63, 3.8) is 0 Å². The van der Waals surface area contributed by atoms with Gasteiger partial charge in [0.15, 0.2) is 5.78 Å². The van der Waals surface area contributed by atoms with Gasteiger partial charge in [0.1, 0.15) is 0 Å². The average Bonchev–Trinajstić information content (AvgIpc) is 2.70. The normalized spacial score (nSPS) is 15.5. The molecule has 0 fully saturated rings. The Hall–Kier alpha value is -1.64. The molecule has 0 N–H and O–H groups in total. The molecular formula is C14H16O3. The molecule has 0 aromatic heterocycles. The van der Waals surface area contributed by atoms with Crippen LogP contribution in [0, 0.1) is 0 Å². The van der Waals surface area contributed by atoms with E-state index in [1.165, 1.54) is 0 Å². The first-order valence-electron chi connectivity index (χ1n) is 5.96. The quantitative estimate of drug-likeness (QED) is 0.752. The minimum Gasteiger partial charge on any atom is -0.466 e. The highest BCUT2D eigenvalue weighted by Gasteiger charge is 2.23. The lowest BCUT2D eigenvalue weighted by Gasteiger charge is -2.11. The van der Waals surface area contributed by atoms with E-state index in [1.54, 1.807) is 13.8 Å². The molecule has 0 aliphatic heterocycles. The highest BCUT2D eigenvalue weighted by atomic mass is 16.5. The first kappa shape index (κ1) is 11.8. The lowest BCUT2D eigenvalue weighted by molar-refractivity contribution is -0.144. The van der Waals surface area contributed by atoms with Crippen LogP contribution in [0.5, 0.6) is 0 Å². The standard InChI is InChI=1S/C14H16O3/c1-3-17-14(16)9(2)11-5-4-10-6-7-13(15)12(10)8-11/h4-5,8-9H,3,6-7H2,1-2H3/t9-/m0/s1. The van der Waals surface area contributed by atoms with Gasteiger partial charge in [-0.2, -0.15) is 0 Å². The third kappa shape index (κ3) is 2.23. The summed E-state index contributed by atoms with van der Waals surface area (Å²) in [5, 5.41) is 0. The highest BCUT2D eigenvalue weighted by molar-refractivity contribution is 6.00. The number of carbonyl (C=O) groups excluding carboxylic acids is 2. The van der Waals surface area contributed by atoms with Crippen molar-refractivity contribution in [2.24, 2.45) is 0 Å². The van der Waals surface area contributed by atoms with Gasteiger partial charge in [0.05, 0.1) is 12.5 Å². The van der Waals surface area contributed by atoms with Crippen LogP contribution >= 0.6 is 0 Å². The van der Waals surface area contributed by atoms with Crippen molar-refractivity contribution in [1.82, 2.24) is 0 Å². The zero-order valence-corrected chi connectivity index (χ0v) is 10.2. The predicted molar refractivity (Wildman–Crippen MR) is 64.1 cm³/mol. The topological polar surface area (TPSA) is 43.4 Å². The van der Waals surface area contributed by atoms with Gasteiger partial charge in [-0.15, -0.1) is 0 Å². The van der Waals surface area contributed by atoms with E-state index in [9.17, 15) is 9.59 Å². The first-order valence-corrected chi connectivity index (χ1v) is 5.96. The number of benzene rings is 1. The van der Waals surface area contributed by atoms with Crippen LogP contribution in [0.4, 0.5) is 0 Å². The molecule has 1 aliphatic rings. The molecule has 0 bridgehead atoms. The predicted octanol–water partition coefficient (Wildman–Crippen LogP) is 2.48. The second-order valence-corrected chi connectivity index (χ2v) is 4.31. The van der Waals surface area contributed by atoms with Crippen LogP contribution in [0.25, 0.3) is 0 Å². The maximum absolute atomic E-state index is 11.6. The molecule has 3 heteroatoms. The van der Waals surface area contributed by atoms with Gasteiger partial charge in [-0.05, 0) is 37.5 Å². The fraction of sp³-hybridized carbons (Fsp3) is 0.429. The molecule has 0 heterocycles. The van der Waals surface area contributed by atoms with Crippen LogP contribution in [0.3, 0.4) is 0 Å². The number of hydrogen-bond acceptors (Lipinski definition) is 3. The van der Waals surface area contributed by atoms with E-state index in [4.69, 9.17) is 4.74 Å². The lowest BCUT2D eigenvalue weighted by atomic mass is 9.97. The van der Waals surface area contributed by atoms with Gasteiger partial charge in [-0.3, -0.25) is 9.59 Å². The minimum atomic E-state index is -0.311. The van der Waals surface area contributed by atoms with Crippen LogP contribution in [-0.4, -0.2) is 18.4 Å². The molecule has 2 rings (SSSR count). The number of rotatable bonds is 3. The molecule has 3 nitrogen and oxygen atoms in total. The molecule has 1 atom stereocenters. The Morgan fingerprint density at radius 3 is 2.88 bits per heavy atom. The van der Waals surface area contributed by atoms with Gasteiger partial charge in [-0.1, -0.05) is 12.1 Å². The van der Waals surface area contributed by atoms with E-state index in [1.807, 2.05) is 18.2 Å². The zero-order valence-electron chi connectivity index (χ0n) is 10.2. The summed E-state index contributed by atoms with van der Waals surface area (Å²) in [4.78, 5) is 23.2. The molecule has 1 aliphatic carbocycles. The summed E-state index contributed by atoms with van der Waals surface area (Å²) < 4.78 is 4.98. The zero-order chi connectivity index (χ0) is 12.4.